The molecule has 31 heavy (non-hydrogen) atoms. The molecule has 3 aromatic rings. The summed E-state index contributed by atoms with van der Waals surface area (Å²) < 4.78 is 46.4. The molecule has 0 saturated heterocycles. The maximum Gasteiger partial charge on any atom is 0.264 e. The summed E-state index contributed by atoms with van der Waals surface area (Å²) in [6.45, 7) is -0.595. The molecule has 0 bridgehead atoms. The van der Waals surface area contributed by atoms with E-state index in [1.165, 1.54) is 49.6 Å². The first-order valence-electron chi connectivity index (χ1n) is 9.24. The molecule has 0 aromatic heterocycles. The average molecular weight is 463 g/mol. The van der Waals surface area contributed by atoms with Crippen LogP contribution in [0.5, 0.6) is 5.75 Å². The van der Waals surface area contributed by atoms with Crippen LogP contribution in [0.3, 0.4) is 0 Å². The Bertz CT molecular complexity index is 1170. The van der Waals surface area contributed by atoms with E-state index in [0.717, 1.165) is 4.31 Å². The molecule has 0 aliphatic heterocycles. The number of hydrogen-bond acceptors (Lipinski definition) is 4. The molecule has 1 N–H and O–H groups in total. The van der Waals surface area contributed by atoms with Gasteiger partial charge in [0.15, 0.2) is 0 Å². The molecule has 0 spiro atoms. The third-order valence-electron chi connectivity index (χ3n) is 4.48. The molecule has 0 aliphatic carbocycles. The minimum absolute atomic E-state index is 0.0174. The Balaban J connectivity index is 1.90. The summed E-state index contributed by atoms with van der Waals surface area (Å²) in [7, 11) is -2.64. The zero-order valence-electron chi connectivity index (χ0n) is 16.6. The lowest BCUT2D eigenvalue weighted by Gasteiger charge is -2.24. The molecule has 6 nitrogen and oxygen atoms in total. The van der Waals surface area contributed by atoms with Gasteiger partial charge in [0.1, 0.15) is 18.1 Å². The Morgan fingerprint density at radius 2 is 1.74 bits per heavy atom. The van der Waals surface area contributed by atoms with Crippen molar-refractivity contribution < 1.29 is 22.3 Å². The van der Waals surface area contributed by atoms with Crippen molar-refractivity contribution >= 4 is 33.2 Å². The van der Waals surface area contributed by atoms with Crippen molar-refractivity contribution in [2.45, 2.75) is 11.4 Å². The number of hydrogen-bond donors (Lipinski definition) is 1. The van der Waals surface area contributed by atoms with Crippen molar-refractivity contribution in [3.63, 3.8) is 0 Å². The summed E-state index contributed by atoms with van der Waals surface area (Å²) in [5, 5.41) is 2.75. The van der Waals surface area contributed by atoms with Crippen molar-refractivity contribution in [3.8, 4) is 5.75 Å². The highest BCUT2D eigenvalue weighted by Crippen LogP contribution is 2.31. The van der Waals surface area contributed by atoms with E-state index in [9.17, 15) is 17.6 Å². The number of nitrogens with one attached hydrogen (secondary N) is 1. The van der Waals surface area contributed by atoms with Crippen molar-refractivity contribution in [3.05, 3.63) is 89.2 Å². The molecule has 0 radical (unpaired) electrons. The number of amides is 1. The van der Waals surface area contributed by atoms with Crippen LogP contribution < -0.4 is 14.4 Å². The molecule has 3 aromatic carbocycles. The van der Waals surface area contributed by atoms with Gasteiger partial charge in [0.2, 0.25) is 5.91 Å². The fraction of sp³-hybridized carbons (Fsp3) is 0.136. The summed E-state index contributed by atoms with van der Waals surface area (Å²) in [5.74, 6) is -0.695. The van der Waals surface area contributed by atoms with Gasteiger partial charge in [0.25, 0.3) is 10.0 Å². The first-order chi connectivity index (χ1) is 14.8. The molecule has 162 valence electrons. The summed E-state index contributed by atoms with van der Waals surface area (Å²) in [4.78, 5) is 12.6. The van der Waals surface area contributed by atoms with E-state index in [2.05, 4.69) is 5.32 Å². The number of carbonyl (C=O) groups excluding carboxylic acids is 1. The molecule has 0 aliphatic rings. The Morgan fingerprint density at radius 3 is 2.39 bits per heavy atom. The lowest BCUT2D eigenvalue weighted by Crippen LogP contribution is -2.40. The van der Waals surface area contributed by atoms with Gasteiger partial charge in [0, 0.05) is 12.1 Å². The standard InChI is InChI=1S/C22H20ClFN2O4S/c1-30-21-12-11-17(13-19(21)23)26(31(28,29)18-8-3-2-4-9-18)15-22(27)25-14-16-7-5-6-10-20(16)24/h2-13H,14-15H2,1H3,(H,25,27). The average Bonchev–Trinajstić information content (AvgIpc) is 2.77. The molecule has 0 heterocycles. The van der Waals surface area contributed by atoms with Crippen LogP contribution in [-0.2, 0) is 21.4 Å². The number of benzene rings is 3. The van der Waals surface area contributed by atoms with Crippen LogP contribution in [0.2, 0.25) is 5.02 Å². The van der Waals surface area contributed by atoms with E-state index in [-0.39, 0.29) is 22.2 Å². The normalized spacial score (nSPS) is 11.1. The lowest BCUT2D eigenvalue weighted by molar-refractivity contribution is -0.119. The summed E-state index contributed by atoms with van der Waals surface area (Å²) in [6.07, 6.45) is 0. The van der Waals surface area contributed by atoms with Gasteiger partial charge in [-0.1, -0.05) is 48.0 Å². The SMILES string of the molecule is COc1ccc(N(CC(=O)NCc2ccccc2F)S(=O)(=O)c2ccccc2)cc1Cl. The number of halogens is 2. The Labute approximate surface area is 185 Å². The third kappa shape index (κ3) is 5.34. The lowest BCUT2D eigenvalue weighted by atomic mass is 10.2. The molecule has 1 amide bonds. The molecule has 0 fully saturated rings. The van der Waals surface area contributed by atoms with Gasteiger partial charge >= 0.3 is 0 Å². The highest BCUT2D eigenvalue weighted by molar-refractivity contribution is 7.92. The third-order valence-corrected chi connectivity index (χ3v) is 6.56. The largest absolute Gasteiger partial charge is 0.495 e. The Hall–Kier alpha value is -3.10. The number of carbonyl (C=O) groups is 1. The van der Waals surface area contributed by atoms with Gasteiger partial charge in [-0.2, -0.15) is 0 Å². The predicted molar refractivity (Wildman–Crippen MR) is 117 cm³/mol. The minimum Gasteiger partial charge on any atom is -0.495 e. The van der Waals surface area contributed by atoms with Crippen LogP contribution in [0.25, 0.3) is 0 Å². The monoisotopic (exact) mass is 462 g/mol. The molecule has 3 rings (SSSR count). The number of ether oxygens (including phenoxy) is 1. The second-order valence-corrected chi connectivity index (χ2v) is 8.78. The van der Waals surface area contributed by atoms with Gasteiger partial charge < -0.3 is 10.1 Å². The summed E-state index contributed by atoms with van der Waals surface area (Å²) in [6, 6.07) is 18.2. The van der Waals surface area contributed by atoms with E-state index < -0.39 is 28.3 Å². The van der Waals surface area contributed by atoms with E-state index in [1.807, 2.05) is 0 Å². The second-order valence-electron chi connectivity index (χ2n) is 6.51. The molecule has 0 saturated carbocycles. The van der Waals surface area contributed by atoms with Crippen LogP contribution in [-0.4, -0.2) is 28.0 Å². The fourth-order valence-corrected chi connectivity index (χ4v) is 4.55. The van der Waals surface area contributed by atoms with Gasteiger partial charge in [-0.3, -0.25) is 9.10 Å². The van der Waals surface area contributed by atoms with Crippen LogP contribution in [0.15, 0.2) is 77.7 Å². The second kappa shape index (κ2) is 9.80. The first kappa shape index (κ1) is 22.6. The Kier molecular flexibility index (Phi) is 7.14. The fourth-order valence-electron chi connectivity index (χ4n) is 2.87. The van der Waals surface area contributed by atoms with Crippen molar-refractivity contribution in [2.24, 2.45) is 0 Å². The Morgan fingerprint density at radius 1 is 1.06 bits per heavy atom. The van der Waals surface area contributed by atoms with E-state index in [1.54, 1.807) is 30.3 Å². The zero-order valence-corrected chi connectivity index (χ0v) is 18.2. The molecular weight excluding hydrogens is 443 g/mol. The maximum atomic E-state index is 13.8. The number of rotatable bonds is 8. The van der Waals surface area contributed by atoms with E-state index >= 15 is 0 Å². The number of anilines is 1. The minimum atomic E-state index is -4.08. The van der Waals surface area contributed by atoms with Crippen LogP contribution >= 0.6 is 11.6 Å². The van der Waals surface area contributed by atoms with Gasteiger partial charge in [-0.05, 0) is 36.4 Å². The topological polar surface area (TPSA) is 75.7 Å². The highest BCUT2D eigenvalue weighted by atomic mass is 35.5. The van der Waals surface area contributed by atoms with Crippen molar-refractivity contribution in [1.82, 2.24) is 5.32 Å². The van der Waals surface area contributed by atoms with Crippen molar-refractivity contribution in [2.75, 3.05) is 18.0 Å². The zero-order chi connectivity index (χ0) is 22.4. The summed E-state index contributed by atoms with van der Waals surface area (Å²) in [5.41, 5.74) is 0.483. The highest BCUT2D eigenvalue weighted by Gasteiger charge is 2.27. The number of nitrogens with zero attached hydrogens (tertiary/aromatic N) is 1. The maximum absolute atomic E-state index is 13.8. The first-order valence-corrected chi connectivity index (χ1v) is 11.1. The number of sulfonamides is 1. The summed E-state index contributed by atoms with van der Waals surface area (Å²) >= 11 is 6.18. The van der Waals surface area contributed by atoms with Crippen LogP contribution in [0.4, 0.5) is 10.1 Å². The van der Waals surface area contributed by atoms with Gasteiger partial charge in [0.05, 0.1) is 22.7 Å². The van der Waals surface area contributed by atoms with Crippen LogP contribution in [0, 0.1) is 5.82 Å². The van der Waals surface area contributed by atoms with Gasteiger partial charge in [-0.25, -0.2) is 12.8 Å². The van der Waals surface area contributed by atoms with Gasteiger partial charge in [-0.15, -0.1) is 0 Å². The van der Waals surface area contributed by atoms with E-state index in [0.29, 0.717) is 11.3 Å². The molecule has 0 atom stereocenters. The van der Waals surface area contributed by atoms with Crippen LogP contribution in [0.1, 0.15) is 5.56 Å². The van der Waals surface area contributed by atoms with Crippen molar-refractivity contribution in [1.29, 1.82) is 0 Å². The molecule has 0 unspecified atom stereocenters. The molecular formula is C22H20ClFN2O4S. The van der Waals surface area contributed by atoms with E-state index in [4.69, 9.17) is 16.3 Å². The number of methoxy groups -OCH3 is 1. The molecule has 9 heteroatoms. The predicted octanol–water partition coefficient (Wildman–Crippen LogP) is 4.00. The quantitative estimate of drug-likeness (QED) is 0.549. The smallest absolute Gasteiger partial charge is 0.264 e.